The third-order valence-electron chi connectivity index (χ3n) is 9.70. The van der Waals surface area contributed by atoms with Crippen LogP contribution in [-0.4, -0.2) is 87.9 Å². The lowest BCUT2D eigenvalue weighted by Gasteiger charge is -2.48. The summed E-state index contributed by atoms with van der Waals surface area (Å²) < 4.78 is 23.3. The number of hydrogen-bond acceptors (Lipinski definition) is 10. The van der Waals surface area contributed by atoms with Crippen LogP contribution in [0.4, 0.5) is 0 Å². The van der Waals surface area contributed by atoms with E-state index in [1.54, 1.807) is 52.8 Å². The predicted molar refractivity (Wildman–Crippen MR) is 180 cm³/mol. The number of methoxy groups -OCH3 is 1. The smallest absolute Gasteiger partial charge is 0.334 e. The van der Waals surface area contributed by atoms with E-state index in [4.69, 9.17) is 24.1 Å². The highest BCUT2D eigenvalue weighted by Crippen LogP contribution is 2.41. The first-order valence-electron chi connectivity index (χ1n) is 16.6. The second kappa shape index (κ2) is 18.1. The van der Waals surface area contributed by atoms with E-state index in [2.05, 4.69) is 0 Å². The number of allylic oxidation sites excluding steroid dienone is 5. The second-order valence-corrected chi connectivity index (χ2v) is 13.8. The van der Waals surface area contributed by atoms with Crippen molar-refractivity contribution in [1.29, 1.82) is 0 Å². The lowest BCUT2D eigenvalue weighted by molar-refractivity contribution is -0.319. The highest BCUT2D eigenvalue weighted by atomic mass is 16.6. The summed E-state index contributed by atoms with van der Waals surface area (Å²) in [6, 6.07) is 0. The van der Waals surface area contributed by atoms with Gasteiger partial charge in [-0.1, -0.05) is 70.1 Å². The first-order valence-corrected chi connectivity index (χ1v) is 16.6. The SMILES string of the molecule is CO[C@H]1/C=C/C=C(\C)C[C@H](C)[C@H](O)[C@H](C)/C=C(C)/C=C(\C)C(=O)O[C@@H]1[C@@H](C)[C@@H](O)[C@H](C)[C@@]1(O)C[C@@H](OC(=O)/C=C/C(=O)O)[C@@H](C)[C@@H](C)O1. The lowest BCUT2D eigenvalue weighted by Crippen LogP contribution is -2.58. The monoisotopic (exact) mass is 676 g/mol. The summed E-state index contributed by atoms with van der Waals surface area (Å²) in [5.41, 5.74) is 2.14. The van der Waals surface area contributed by atoms with Crippen molar-refractivity contribution in [1.82, 2.24) is 0 Å². The molecule has 0 aromatic rings. The van der Waals surface area contributed by atoms with Crippen molar-refractivity contribution < 1.29 is 53.8 Å². The Bertz CT molecular complexity index is 1280. The van der Waals surface area contributed by atoms with Gasteiger partial charge in [-0.2, -0.15) is 0 Å². The zero-order valence-electron chi connectivity index (χ0n) is 30.0. The fourth-order valence-corrected chi connectivity index (χ4v) is 6.46. The molecule has 2 heterocycles. The molecule has 12 atom stereocenters. The number of aliphatic carboxylic acids is 1. The molecule has 270 valence electrons. The van der Waals surface area contributed by atoms with E-state index in [-0.39, 0.29) is 24.2 Å². The zero-order valence-corrected chi connectivity index (χ0v) is 30.0. The number of rotatable bonds is 8. The molecule has 1 fully saturated rings. The van der Waals surface area contributed by atoms with Crippen molar-refractivity contribution in [3.8, 4) is 0 Å². The van der Waals surface area contributed by atoms with Crippen LogP contribution in [0.15, 0.2) is 59.3 Å². The summed E-state index contributed by atoms with van der Waals surface area (Å²) in [6.45, 7) is 16.2. The number of carbonyl (C=O) groups is 3. The van der Waals surface area contributed by atoms with Gasteiger partial charge in [-0.15, -0.1) is 0 Å². The van der Waals surface area contributed by atoms with E-state index in [1.807, 2.05) is 39.8 Å². The minimum Gasteiger partial charge on any atom is -0.478 e. The van der Waals surface area contributed by atoms with Gasteiger partial charge >= 0.3 is 17.9 Å². The van der Waals surface area contributed by atoms with Crippen molar-refractivity contribution in [2.45, 2.75) is 118 Å². The van der Waals surface area contributed by atoms with Gasteiger partial charge in [0.1, 0.15) is 18.3 Å². The van der Waals surface area contributed by atoms with E-state index >= 15 is 0 Å². The molecule has 2 rings (SSSR count). The molecule has 0 radical (unpaired) electrons. The van der Waals surface area contributed by atoms with Gasteiger partial charge < -0.3 is 39.4 Å². The Morgan fingerprint density at radius 2 is 1.75 bits per heavy atom. The number of ether oxygens (including phenoxy) is 4. The Morgan fingerprint density at radius 1 is 1.10 bits per heavy atom. The first kappa shape index (κ1) is 41.1. The standard InChI is InChI=1S/C37H56O11/c1-20-12-11-13-29(45-10)35(47-36(43)24(5)18-21(2)17-23(4)33(41)22(3)16-20)26(7)34(42)27(8)37(44)19-30(25(6)28(9)48-37)46-32(40)15-14-31(38)39/h11-15,17-18,22-23,25-30,33-35,41-42,44H,16,19H2,1-10H3,(H,38,39)/b13-11+,15-14+,20-12+,21-17+,24-18+/t22-,23+,25-,26-,27-,28+,29-,30+,33-,34+,35+,37+/m0/s1. The number of cyclic esters (lactones) is 1. The van der Waals surface area contributed by atoms with Gasteiger partial charge in [0.15, 0.2) is 5.79 Å². The Hall–Kier alpha value is -3.09. The third-order valence-corrected chi connectivity index (χ3v) is 9.70. The molecule has 2 aliphatic heterocycles. The largest absolute Gasteiger partial charge is 0.478 e. The first-order chi connectivity index (χ1) is 22.3. The minimum atomic E-state index is -1.95. The van der Waals surface area contributed by atoms with Gasteiger partial charge in [0.05, 0.1) is 18.3 Å². The number of esters is 2. The quantitative estimate of drug-likeness (QED) is 0.208. The Kier molecular flexibility index (Phi) is 15.5. The maximum atomic E-state index is 13.5. The van der Waals surface area contributed by atoms with Crippen LogP contribution < -0.4 is 0 Å². The van der Waals surface area contributed by atoms with Crippen molar-refractivity contribution in [2.75, 3.05) is 7.11 Å². The fraction of sp³-hybridized carbons (Fsp3) is 0.649. The molecule has 0 bridgehead atoms. The third kappa shape index (κ3) is 11.2. The number of carbonyl (C=O) groups excluding carboxylic acids is 2. The molecule has 1 saturated heterocycles. The molecular weight excluding hydrogens is 620 g/mol. The lowest BCUT2D eigenvalue weighted by atomic mass is 9.77. The van der Waals surface area contributed by atoms with Gasteiger partial charge in [-0.3, -0.25) is 0 Å². The Balaban J connectivity index is 2.46. The molecule has 0 spiro atoms. The molecule has 0 amide bonds. The summed E-state index contributed by atoms with van der Waals surface area (Å²) in [4.78, 5) is 36.6. The Morgan fingerprint density at radius 3 is 2.35 bits per heavy atom. The average molecular weight is 677 g/mol. The maximum absolute atomic E-state index is 13.5. The van der Waals surface area contributed by atoms with Gasteiger partial charge in [0, 0.05) is 54.9 Å². The number of aliphatic hydroxyl groups excluding tert-OH is 2. The molecule has 0 saturated carbocycles. The maximum Gasteiger partial charge on any atom is 0.334 e. The normalized spacial score (nSPS) is 38.6. The van der Waals surface area contributed by atoms with Crippen LogP contribution in [0, 0.1) is 29.6 Å². The van der Waals surface area contributed by atoms with E-state index in [1.165, 1.54) is 7.11 Å². The number of carboxylic acid groups (broad SMARTS) is 1. The average Bonchev–Trinajstić information content (AvgIpc) is 3.01. The van der Waals surface area contributed by atoms with Gasteiger partial charge in [0.2, 0.25) is 0 Å². The van der Waals surface area contributed by atoms with Crippen molar-refractivity contribution in [3.63, 3.8) is 0 Å². The Labute approximate surface area is 285 Å². The molecule has 4 N–H and O–H groups in total. The predicted octanol–water partition coefficient (Wildman–Crippen LogP) is 4.66. The number of aliphatic hydroxyl groups is 3. The molecule has 0 unspecified atom stereocenters. The van der Waals surface area contributed by atoms with Gasteiger partial charge in [0.25, 0.3) is 0 Å². The van der Waals surface area contributed by atoms with E-state index in [9.17, 15) is 29.7 Å². The van der Waals surface area contributed by atoms with Crippen molar-refractivity contribution in [3.05, 3.63) is 59.3 Å². The van der Waals surface area contributed by atoms with Gasteiger partial charge in [-0.25, -0.2) is 14.4 Å². The number of carboxylic acids is 1. The van der Waals surface area contributed by atoms with E-state index < -0.39 is 72.2 Å². The molecule has 0 aromatic carbocycles. The van der Waals surface area contributed by atoms with E-state index in [0.29, 0.717) is 18.1 Å². The molecule has 48 heavy (non-hydrogen) atoms. The van der Waals surface area contributed by atoms with Crippen LogP contribution >= 0.6 is 0 Å². The van der Waals surface area contributed by atoms with Crippen LogP contribution in [0.1, 0.15) is 75.2 Å². The molecule has 11 heteroatoms. The summed E-state index contributed by atoms with van der Waals surface area (Å²) in [5, 5.41) is 43.2. The van der Waals surface area contributed by atoms with Crippen LogP contribution in [0.5, 0.6) is 0 Å². The summed E-state index contributed by atoms with van der Waals surface area (Å²) in [7, 11) is 1.47. The van der Waals surface area contributed by atoms with Crippen LogP contribution in [-0.2, 0) is 33.3 Å². The van der Waals surface area contributed by atoms with Crippen LogP contribution in [0.2, 0.25) is 0 Å². The van der Waals surface area contributed by atoms with Crippen LogP contribution in [0.25, 0.3) is 0 Å². The van der Waals surface area contributed by atoms with Crippen molar-refractivity contribution in [2.24, 2.45) is 29.6 Å². The molecule has 2 aliphatic rings. The molecular formula is C37H56O11. The van der Waals surface area contributed by atoms with Crippen LogP contribution in [0.3, 0.4) is 0 Å². The molecule has 11 nitrogen and oxygen atoms in total. The minimum absolute atomic E-state index is 0.0119. The molecule has 0 aromatic heterocycles. The van der Waals surface area contributed by atoms with E-state index in [0.717, 1.165) is 17.2 Å². The second-order valence-electron chi connectivity index (χ2n) is 13.8. The number of hydrogen-bond donors (Lipinski definition) is 4. The van der Waals surface area contributed by atoms with Gasteiger partial charge in [-0.05, 0) is 46.1 Å². The molecule has 0 aliphatic carbocycles. The van der Waals surface area contributed by atoms with Crippen molar-refractivity contribution >= 4 is 17.9 Å². The zero-order chi connectivity index (χ0) is 36.5. The fourth-order valence-electron chi connectivity index (χ4n) is 6.46. The summed E-state index contributed by atoms with van der Waals surface area (Å²) in [5.74, 6) is -7.00. The summed E-state index contributed by atoms with van der Waals surface area (Å²) in [6.07, 6.45) is 5.95. The highest BCUT2D eigenvalue weighted by Gasteiger charge is 2.51. The highest BCUT2D eigenvalue weighted by molar-refractivity contribution is 5.90. The topological polar surface area (TPSA) is 169 Å². The summed E-state index contributed by atoms with van der Waals surface area (Å²) >= 11 is 0.